The number of nitrogens with zero attached hydrogens (tertiary/aromatic N) is 4. The van der Waals surface area contributed by atoms with Gasteiger partial charge < -0.3 is 8.94 Å². The van der Waals surface area contributed by atoms with Gasteiger partial charge in [-0.05, 0) is 19.1 Å². The first-order chi connectivity index (χ1) is 11.0. The van der Waals surface area contributed by atoms with Crippen LogP contribution in [0.15, 0.2) is 33.2 Å². The molecule has 3 aromatic rings. The molecule has 1 aromatic carbocycles. The summed E-state index contributed by atoms with van der Waals surface area (Å²) < 4.78 is 10.3. The second kappa shape index (κ2) is 5.44. The van der Waals surface area contributed by atoms with Gasteiger partial charge in [0.15, 0.2) is 11.6 Å². The van der Waals surface area contributed by atoms with E-state index in [1.54, 1.807) is 13.8 Å². The molecule has 2 aromatic heterocycles. The van der Waals surface area contributed by atoms with Gasteiger partial charge in [0, 0.05) is 24.6 Å². The highest BCUT2D eigenvalue weighted by molar-refractivity contribution is 6.06. The van der Waals surface area contributed by atoms with Crippen LogP contribution < -0.4 is 0 Å². The predicted octanol–water partition coefficient (Wildman–Crippen LogP) is 2.48. The molecule has 9 nitrogen and oxygen atoms in total. The number of benzene rings is 1. The maximum atomic E-state index is 12.3. The van der Waals surface area contributed by atoms with E-state index in [0.717, 1.165) is 0 Å². The van der Waals surface area contributed by atoms with Crippen molar-refractivity contribution >= 4 is 11.5 Å². The van der Waals surface area contributed by atoms with Gasteiger partial charge in [-0.25, -0.2) is 4.98 Å². The van der Waals surface area contributed by atoms with Crippen molar-refractivity contribution in [2.24, 2.45) is 0 Å². The number of rotatable bonds is 4. The molecule has 0 N–H and O–H groups in total. The summed E-state index contributed by atoms with van der Waals surface area (Å²) >= 11 is 0. The van der Waals surface area contributed by atoms with Crippen LogP contribution in [0.25, 0.3) is 11.6 Å². The molecule has 0 saturated carbocycles. The number of oxazole rings is 1. The van der Waals surface area contributed by atoms with Gasteiger partial charge in [-0.2, -0.15) is 4.98 Å². The number of carbonyl (C=O) groups excluding carboxylic acids is 1. The Kier molecular flexibility index (Phi) is 3.45. The summed E-state index contributed by atoms with van der Waals surface area (Å²) in [5, 5.41) is 14.2. The van der Waals surface area contributed by atoms with Gasteiger partial charge in [-0.1, -0.05) is 5.16 Å². The molecule has 0 aliphatic rings. The average Bonchev–Trinajstić information content (AvgIpc) is 3.13. The highest BCUT2D eigenvalue weighted by Gasteiger charge is 2.21. The Hall–Kier alpha value is -3.36. The second-order valence-electron chi connectivity index (χ2n) is 4.69. The second-order valence-corrected chi connectivity index (χ2v) is 4.69. The monoisotopic (exact) mass is 314 g/mol. The third kappa shape index (κ3) is 2.71. The Bertz CT molecular complexity index is 894. The summed E-state index contributed by atoms with van der Waals surface area (Å²) in [6, 6.07) is 5.14. The van der Waals surface area contributed by atoms with E-state index < -0.39 is 10.7 Å². The van der Waals surface area contributed by atoms with Crippen LogP contribution in [-0.2, 0) is 0 Å². The zero-order valence-electron chi connectivity index (χ0n) is 12.1. The molecule has 0 fully saturated rings. The fourth-order valence-electron chi connectivity index (χ4n) is 2.00. The number of aromatic nitrogens is 3. The first kappa shape index (κ1) is 14.6. The Morgan fingerprint density at radius 3 is 2.43 bits per heavy atom. The molecule has 0 saturated heterocycles. The third-order valence-electron chi connectivity index (χ3n) is 3.08. The van der Waals surface area contributed by atoms with Crippen LogP contribution in [0.5, 0.6) is 0 Å². The van der Waals surface area contributed by atoms with E-state index in [9.17, 15) is 14.9 Å². The van der Waals surface area contributed by atoms with Crippen molar-refractivity contribution in [1.29, 1.82) is 0 Å². The van der Waals surface area contributed by atoms with Gasteiger partial charge in [0.1, 0.15) is 5.76 Å². The number of non-ortho nitro benzene ring substituents is 1. The molecular formula is C14H10N4O5. The highest BCUT2D eigenvalue weighted by Crippen LogP contribution is 2.22. The molecule has 2 heterocycles. The maximum Gasteiger partial charge on any atom is 0.280 e. The molecule has 23 heavy (non-hydrogen) atoms. The van der Waals surface area contributed by atoms with Gasteiger partial charge in [-0.3, -0.25) is 14.9 Å². The molecule has 0 bridgehead atoms. The van der Waals surface area contributed by atoms with E-state index in [1.807, 2.05) is 0 Å². The topological polar surface area (TPSA) is 125 Å². The molecule has 9 heteroatoms. The minimum absolute atomic E-state index is 0.0737. The molecule has 0 radical (unpaired) electrons. The van der Waals surface area contributed by atoms with Crippen LogP contribution >= 0.6 is 0 Å². The normalized spacial score (nSPS) is 10.7. The first-order valence-electron chi connectivity index (χ1n) is 6.53. The minimum Gasteiger partial charge on any atom is -0.445 e. The summed E-state index contributed by atoms with van der Waals surface area (Å²) in [6.07, 6.45) is 0. The van der Waals surface area contributed by atoms with Gasteiger partial charge in [0.05, 0.1) is 4.92 Å². The molecule has 0 unspecified atom stereocenters. The molecule has 116 valence electrons. The first-order valence-corrected chi connectivity index (χ1v) is 6.53. The summed E-state index contributed by atoms with van der Waals surface area (Å²) in [7, 11) is 0. The van der Waals surface area contributed by atoms with Gasteiger partial charge >= 0.3 is 0 Å². The van der Waals surface area contributed by atoms with Crippen molar-refractivity contribution < 1.29 is 18.7 Å². The standard InChI is InChI=1S/C14H10N4O5/c1-7-11(15-8(2)22-7)14-16-13(17-23-14)12(19)9-3-5-10(6-4-9)18(20)21/h3-6H,1-2H3. The molecular weight excluding hydrogens is 304 g/mol. The van der Waals surface area contributed by atoms with Crippen LogP contribution in [0.4, 0.5) is 5.69 Å². The summed E-state index contributed by atoms with van der Waals surface area (Å²) in [4.78, 5) is 30.4. The van der Waals surface area contributed by atoms with Crippen LogP contribution in [0, 0.1) is 24.0 Å². The van der Waals surface area contributed by atoms with Crippen molar-refractivity contribution in [3.8, 4) is 11.6 Å². The lowest BCUT2D eigenvalue weighted by atomic mass is 10.1. The van der Waals surface area contributed by atoms with E-state index in [4.69, 9.17) is 8.94 Å². The van der Waals surface area contributed by atoms with Gasteiger partial charge in [0.25, 0.3) is 11.6 Å². The molecule has 0 aliphatic carbocycles. The lowest BCUT2D eigenvalue weighted by Gasteiger charge is -1.95. The molecule has 3 rings (SSSR count). The summed E-state index contributed by atoms with van der Waals surface area (Å²) in [5.41, 5.74) is 0.484. The number of ketones is 1. The van der Waals surface area contributed by atoms with Crippen LogP contribution in [0.2, 0.25) is 0 Å². The van der Waals surface area contributed by atoms with Crippen molar-refractivity contribution in [1.82, 2.24) is 15.1 Å². The molecule has 0 aliphatic heterocycles. The average molecular weight is 314 g/mol. The Morgan fingerprint density at radius 2 is 1.87 bits per heavy atom. The number of hydrogen-bond donors (Lipinski definition) is 0. The van der Waals surface area contributed by atoms with Crippen LogP contribution in [0.1, 0.15) is 27.8 Å². The summed E-state index contributed by atoms with van der Waals surface area (Å²) in [5.74, 6) is 0.353. The van der Waals surface area contributed by atoms with Crippen molar-refractivity contribution in [2.75, 3.05) is 0 Å². The van der Waals surface area contributed by atoms with Crippen molar-refractivity contribution in [3.63, 3.8) is 0 Å². The molecule has 0 amide bonds. The third-order valence-corrected chi connectivity index (χ3v) is 3.08. The van der Waals surface area contributed by atoms with Crippen molar-refractivity contribution in [2.45, 2.75) is 13.8 Å². The van der Waals surface area contributed by atoms with E-state index in [-0.39, 0.29) is 23.0 Å². The lowest BCUT2D eigenvalue weighted by molar-refractivity contribution is -0.384. The number of carbonyl (C=O) groups is 1. The van der Waals surface area contributed by atoms with E-state index in [0.29, 0.717) is 17.3 Å². The Labute approximate surface area is 129 Å². The van der Waals surface area contributed by atoms with E-state index >= 15 is 0 Å². The largest absolute Gasteiger partial charge is 0.445 e. The SMILES string of the molecule is Cc1nc(-c2nc(C(=O)c3ccc([N+](=O)[O-])cc3)no2)c(C)o1. The fraction of sp³-hybridized carbons (Fsp3) is 0.143. The van der Waals surface area contributed by atoms with Crippen LogP contribution in [0.3, 0.4) is 0 Å². The van der Waals surface area contributed by atoms with Gasteiger partial charge in [0.2, 0.25) is 11.6 Å². The van der Waals surface area contributed by atoms with Crippen LogP contribution in [-0.4, -0.2) is 25.8 Å². The number of hydrogen-bond acceptors (Lipinski definition) is 8. The Balaban J connectivity index is 1.89. The smallest absolute Gasteiger partial charge is 0.280 e. The maximum absolute atomic E-state index is 12.3. The quantitative estimate of drug-likeness (QED) is 0.408. The number of nitro benzene ring substituents is 1. The Morgan fingerprint density at radius 1 is 1.17 bits per heavy atom. The van der Waals surface area contributed by atoms with E-state index in [1.165, 1.54) is 24.3 Å². The zero-order valence-corrected chi connectivity index (χ0v) is 12.1. The summed E-state index contributed by atoms with van der Waals surface area (Å²) in [6.45, 7) is 3.37. The molecule has 0 spiro atoms. The number of nitro groups is 1. The minimum atomic E-state index is -0.545. The van der Waals surface area contributed by atoms with Crippen molar-refractivity contribution in [3.05, 3.63) is 57.4 Å². The number of aryl methyl sites for hydroxylation is 2. The predicted molar refractivity (Wildman–Crippen MR) is 75.8 cm³/mol. The van der Waals surface area contributed by atoms with E-state index in [2.05, 4.69) is 15.1 Å². The van der Waals surface area contributed by atoms with Gasteiger partial charge in [-0.15, -0.1) is 0 Å². The lowest BCUT2D eigenvalue weighted by Crippen LogP contribution is -2.03. The zero-order chi connectivity index (χ0) is 16.6. The fourth-order valence-corrected chi connectivity index (χ4v) is 2.00. The molecule has 0 atom stereocenters. The highest BCUT2D eigenvalue weighted by atomic mass is 16.6.